The Morgan fingerprint density at radius 1 is 1.32 bits per heavy atom. The van der Waals surface area contributed by atoms with Crippen molar-refractivity contribution < 1.29 is 14.3 Å². The fourth-order valence-corrected chi connectivity index (χ4v) is 2.99. The van der Waals surface area contributed by atoms with E-state index in [1.54, 1.807) is 19.2 Å². The van der Waals surface area contributed by atoms with Gasteiger partial charge in [0, 0.05) is 6.04 Å². The number of methoxy groups -OCH3 is 1. The summed E-state index contributed by atoms with van der Waals surface area (Å²) in [6, 6.07) is 15.3. The molecule has 0 radical (unpaired) electrons. The fourth-order valence-electron chi connectivity index (χ4n) is 2.41. The van der Waals surface area contributed by atoms with Crippen molar-refractivity contribution in [1.29, 1.82) is 5.26 Å². The molecule has 1 atom stereocenters. The third kappa shape index (κ3) is 5.86. The second-order valence-corrected chi connectivity index (χ2v) is 7.12. The Morgan fingerprint density at radius 2 is 2.04 bits per heavy atom. The predicted molar refractivity (Wildman–Crippen MR) is 113 cm³/mol. The number of nitrogens with one attached hydrogen (secondary N) is 1. The van der Waals surface area contributed by atoms with E-state index in [1.165, 1.54) is 6.08 Å². The van der Waals surface area contributed by atoms with E-state index in [0.29, 0.717) is 28.1 Å². The summed E-state index contributed by atoms with van der Waals surface area (Å²) in [5.74, 6) is 0.679. The van der Waals surface area contributed by atoms with Crippen molar-refractivity contribution in [2.45, 2.75) is 32.9 Å². The Morgan fingerprint density at radius 3 is 2.64 bits per heavy atom. The number of carbonyl (C=O) groups is 1. The molecule has 28 heavy (non-hydrogen) atoms. The van der Waals surface area contributed by atoms with Crippen molar-refractivity contribution in [2.75, 3.05) is 7.11 Å². The highest BCUT2D eigenvalue weighted by molar-refractivity contribution is 9.10. The van der Waals surface area contributed by atoms with Crippen molar-refractivity contribution in [1.82, 2.24) is 5.32 Å². The number of nitriles is 1. The average Bonchev–Trinajstić information content (AvgIpc) is 2.71. The molecule has 0 unspecified atom stereocenters. The van der Waals surface area contributed by atoms with Crippen LogP contribution in [-0.4, -0.2) is 19.1 Å². The minimum Gasteiger partial charge on any atom is -0.493 e. The average molecular weight is 443 g/mol. The Balaban J connectivity index is 2.26. The van der Waals surface area contributed by atoms with Crippen molar-refractivity contribution in [2.24, 2.45) is 0 Å². The van der Waals surface area contributed by atoms with Gasteiger partial charge in [0.1, 0.15) is 18.2 Å². The molecule has 2 aromatic carbocycles. The van der Waals surface area contributed by atoms with Crippen LogP contribution in [0.25, 0.3) is 6.08 Å². The summed E-state index contributed by atoms with van der Waals surface area (Å²) in [5.41, 5.74) is 1.73. The van der Waals surface area contributed by atoms with Gasteiger partial charge in [-0.05, 0) is 58.6 Å². The largest absolute Gasteiger partial charge is 0.493 e. The number of hydrogen-bond donors (Lipinski definition) is 1. The number of hydrogen-bond acceptors (Lipinski definition) is 4. The van der Waals surface area contributed by atoms with Gasteiger partial charge < -0.3 is 14.8 Å². The lowest BCUT2D eigenvalue weighted by atomic mass is 10.1. The van der Waals surface area contributed by atoms with Crippen LogP contribution in [0, 0.1) is 11.3 Å². The Kier molecular flexibility index (Phi) is 8.09. The topological polar surface area (TPSA) is 71.4 Å². The van der Waals surface area contributed by atoms with Gasteiger partial charge in [0.25, 0.3) is 5.91 Å². The molecule has 0 fully saturated rings. The zero-order valence-corrected chi connectivity index (χ0v) is 17.7. The molecule has 0 spiro atoms. The third-order valence-corrected chi connectivity index (χ3v) is 4.73. The molecule has 5 nitrogen and oxygen atoms in total. The monoisotopic (exact) mass is 442 g/mol. The van der Waals surface area contributed by atoms with Crippen molar-refractivity contribution in [3.8, 4) is 17.6 Å². The highest BCUT2D eigenvalue weighted by Gasteiger charge is 2.15. The fraction of sp³-hybridized carbons (Fsp3) is 0.273. The number of amides is 1. The van der Waals surface area contributed by atoms with Crippen LogP contribution >= 0.6 is 15.9 Å². The first-order chi connectivity index (χ1) is 13.5. The summed E-state index contributed by atoms with van der Waals surface area (Å²) in [7, 11) is 1.55. The molecule has 6 heteroatoms. The van der Waals surface area contributed by atoms with E-state index < -0.39 is 5.91 Å². The number of carbonyl (C=O) groups excluding carboxylic acids is 1. The van der Waals surface area contributed by atoms with E-state index >= 15 is 0 Å². The van der Waals surface area contributed by atoms with Gasteiger partial charge in [-0.3, -0.25) is 4.79 Å². The molecule has 0 saturated carbocycles. The first kappa shape index (κ1) is 21.5. The number of ether oxygens (including phenoxy) is 2. The molecular weight excluding hydrogens is 420 g/mol. The van der Waals surface area contributed by atoms with Crippen LogP contribution in [0.4, 0.5) is 0 Å². The normalized spacial score (nSPS) is 12.0. The lowest BCUT2D eigenvalue weighted by molar-refractivity contribution is -0.117. The van der Waals surface area contributed by atoms with Gasteiger partial charge in [-0.1, -0.05) is 37.3 Å². The first-order valence-electron chi connectivity index (χ1n) is 8.95. The van der Waals surface area contributed by atoms with Gasteiger partial charge in [0.2, 0.25) is 0 Å². The number of halogens is 1. The highest BCUT2D eigenvalue weighted by Crippen LogP contribution is 2.37. The van der Waals surface area contributed by atoms with E-state index in [-0.39, 0.29) is 11.6 Å². The van der Waals surface area contributed by atoms with E-state index in [1.807, 2.05) is 50.2 Å². The highest BCUT2D eigenvalue weighted by atomic mass is 79.9. The summed E-state index contributed by atoms with van der Waals surface area (Å²) in [6.07, 6.45) is 2.32. The van der Waals surface area contributed by atoms with Crippen LogP contribution in [0.3, 0.4) is 0 Å². The maximum absolute atomic E-state index is 12.2. The van der Waals surface area contributed by atoms with Gasteiger partial charge >= 0.3 is 0 Å². The quantitative estimate of drug-likeness (QED) is 0.467. The second-order valence-electron chi connectivity index (χ2n) is 6.26. The Labute approximate surface area is 174 Å². The lowest BCUT2D eigenvalue weighted by Crippen LogP contribution is -2.32. The summed E-state index contributed by atoms with van der Waals surface area (Å²) >= 11 is 3.50. The Hall–Kier alpha value is -2.78. The Bertz CT molecular complexity index is 889. The van der Waals surface area contributed by atoms with E-state index in [0.717, 1.165) is 12.0 Å². The zero-order chi connectivity index (χ0) is 20.5. The van der Waals surface area contributed by atoms with Gasteiger partial charge in [-0.25, -0.2) is 0 Å². The second kappa shape index (κ2) is 10.5. The number of nitrogens with zero attached hydrogens (tertiary/aromatic N) is 1. The maximum atomic E-state index is 12.2. The lowest BCUT2D eigenvalue weighted by Gasteiger charge is -2.14. The molecule has 0 aliphatic carbocycles. The summed E-state index contributed by atoms with van der Waals surface area (Å²) in [5, 5.41) is 12.2. The SMILES string of the molecule is CC[C@H](C)NC(=O)/C(C#N)=C/c1cc(Br)c(OCc2ccccc2)c(OC)c1. The van der Waals surface area contributed by atoms with Gasteiger partial charge in [0.05, 0.1) is 11.6 Å². The zero-order valence-electron chi connectivity index (χ0n) is 16.2. The molecule has 0 aromatic heterocycles. The van der Waals surface area contributed by atoms with Crippen LogP contribution in [0.1, 0.15) is 31.4 Å². The molecule has 146 valence electrons. The smallest absolute Gasteiger partial charge is 0.262 e. The predicted octanol–water partition coefficient (Wildman–Crippen LogP) is 4.86. The van der Waals surface area contributed by atoms with Crippen LogP contribution in [0.5, 0.6) is 11.5 Å². The minimum absolute atomic E-state index is 0.000662. The van der Waals surface area contributed by atoms with Gasteiger partial charge in [-0.2, -0.15) is 5.26 Å². The number of benzene rings is 2. The molecule has 2 aromatic rings. The molecule has 0 saturated heterocycles. The molecular formula is C22H23BrN2O3. The molecule has 1 N–H and O–H groups in total. The van der Waals surface area contributed by atoms with Crippen LogP contribution in [0.2, 0.25) is 0 Å². The summed E-state index contributed by atoms with van der Waals surface area (Å²) < 4.78 is 12.0. The molecule has 1 amide bonds. The summed E-state index contributed by atoms with van der Waals surface area (Å²) in [6.45, 7) is 4.26. The van der Waals surface area contributed by atoms with Gasteiger partial charge in [-0.15, -0.1) is 0 Å². The van der Waals surface area contributed by atoms with Crippen molar-refractivity contribution in [3.63, 3.8) is 0 Å². The van der Waals surface area contributed by atoms with Crippen molar-refractivity contribution in [3.05, 3.63) is 63.6 Å². The number of rotatable bonds is 8. The van der Waals surface area contributed by atoms with Crippen LogP contribution in [-0.2, 0) is 11.4 Å². The minimum atomic E-state index is -0.392. The standard InChI is InChI=1S/C22H23BrN2O3/c1-4-15(2)25-22(26)18(13-24)10-17-11-19(23)21(20(12-17)27-3)28-14-16-8-6-5-7-9-16/h5-12,15H,4,14H2,1-3H3,(H,25,26)/b18-10+/t15-/m0/s1. The van der Waals surface area contributed by atoms with E-state index in [4.69, 9.17) is 9.47 Å². The molecule has 0 aliphatic heterocycles. The van der Waals surface area contributed by atoms with Crippen molar-refractivity contribution >= 4 is 27.9 Å². The van der Waals surface area contributed by atoms with E-state index in [9.17, 15) is 10.1 Å². The van der Waals surface area contributed by atoms with Gasteiger partial charge in [0.15, 0.2) is 11.5 Å². The molecule has 0 heterocycles. The van der Waals surface area contributed by atoms with Crippen LogP contribution < -0.4 is 14.8 Å². The molecule has 2 rings (SSSR count). The van der Waals surface area contributed by atoms with E-state index in [2.05, 4.69) is 21.2 Å². The van der Waals surface area contributed by atoms with Crippen LogP contribution in [0.15, 0.2) is 52.5 Å². The first-order valence-corrected chi connectivity index (χ1v) is 9.74. The maximum Gasteiger partial charge on any atom is 0.262 e. The third-order valence-electron chi connectivity index (χ3n) is 4.14. The molecule has 0 bridgehead atoms. The summed E-state index contributed by atoms with van der Waals surface area (Å²) in [4.78, 5) is 12.2. The molecule has 0 aliphatic rings.